The number of hydrogen-bond acceptors (Lipinski definition) is 5. The van der Waals surface area contributed by atoms with E-state index >= 15 is 0 Å². The van der Waals surface area contributed by atoms with Crippen LogP contribution in [0.2, 0.25) is 10.0 Å². The van der Waals surface area contributed by atoms with E-state index in [2.05, 4.69) is 0 Å². The second kappa shape index (κ2) is 5.46. The summed E-state index contributed by atoms with van der Waals surface area (Å²) in [7, 11) is 1.18. The van der Waals surface area contributed by atoms with Crippen LogP contribution in [0.25, 0.3) is 0 Å². The lowest BCUT2D eigenvalue weighted by atomic mass is 10.2. The second-order valence-electron chi connectivity index (χ2n) is 3.77. The Morgan fingerprint density at radius 3 is 2.42 bits per heavy atom. The molecule has 1 aliphatic heterocycles. The number of benzene rings is 1. The fraction of sp³-hybridized carbons (Fsp3) is 0.300. The summed E-state index contributed by atoms with van der Waals surface area (Å²) in [6, 6.07) is 2.09. The molecule has 1 aliphatic rings. The summed E-state index contributed by atoms with van der Waals surface area (Å²) in [4.78, 5) is 11.5. The fourth-order valence-electron chi connectivity index (χ4n) is 1.35. The summed E-state index contributed by atoms with van der Waals surface area (Å²) < 4.78 is 32.4. The van der Waals surface area contributed by atoms with Crippen LogP contribution in [0.3, 0.4) is 0 Å². The highest BCUT2D eigenvalue weighted by Gasteiger charge is 2.26. The van der Waals surface area contributed by atoms with Crippen LogP contribution in [0.4, 0.5) is 0 Å². The Morgan fingerprint density at radius 1 is 1.32 bits per heavy atom. The SMILES string of the molecule is O=C(OC1COC1)c1cc(S(=O)(=O)Cl)cc(Cl)c1Cl. The van der Waals surface area contributed by atoms with E-state index in [9.17, 15) is 13.2 Å². The molecule has 0 spiro atoms. The monoisotopic (exact) mass is 344 g/mol. The zero-order valence-corrected chi connectivity index (χ0v) is 12.3. The minimum atomic E-state index is -4.02. The van der Waals surface area contributed by atoms with Crippen LogP contribution in [0.1, 0.15) is 10.4 Å². The van der Waals surface area contributed by atoms with Gasteiger partial charge in [0.2, 0.25) is 0 Å². The van der Waals surface area contributed by atoms with Crippen molar-refractivity contribution in [2.75, 3.05) is 13.2 Å². The molecule has 0 atom stereocenters. The molecule has 0 bridgehead atoms. The Morgan fingerprint density at radius 2 is 1.95 bits per heavy atom. The second-order valence-corrected chi connectivity index (χ2v) is 7.12. The molecule has 1 heterocycles. The highest BCUT2D eigenvalue weighted by atomic mass is 35.7. The van der Waals surface area contributed by atoms with E-state index in [4.69, 9.17) is 43.4 Å². The zero-order valence-electron chi connectivity index (χ0n) is 9.23. The molecule has 0 aromatic heterocycles. The minimum Gasteiger partial charge on any atom is -0.454 e. The summed E-state index contributed by atoms with van der Waals surface area (Å²) in [5.74, 6) is -0.776. The van der Waals surface area contributed by atoms with Gasteiger partial charge in [0.25, 0.3) is 9.05 Å². The Balaban J connectivity index is 2.37. The molecule has 0 aliphatic carbocycles. The van der Waals surface area contributed by atoms with Crippen LogP contribution in [0, 0.1) is 0 Å². The number of rotatable bonds is 3. The van der Waals surface area contributed by atoms with Gasteiger partial charge in [-0.25, -0.2) is 13.2 Å². The Labute approximate surface area is 123 Å². The van der Waals surface area contributed by atoms with E-state index in [-0.39, 0.29) is 26.6 Å². The Hall–Kier alpha value is -0.530. The van der Waals surface area contributed by atoms with Gasteiger partial charge in [-0.15, -0.1) is 0 Å². The van der Waals surface area contributed by atoms with Crippen LogP contribution >= 0.6 is 33.9 Å². The van der Waals surface area contributed by atoms with E-state index in [1.165, 1.54) is 0 Å². The molecule has 1 aromatic carbocycles. The minimum absolute atomic E-state index is 0.0871. The summed E-state index contributed by atoms with van der Waals surface area (Å²) in [5.41, 5.74) is -0.153. The van der Waals surface area contributed by atoms with Gasteiger partial charge in [-0.2, -0.15) is 0 Å². The molecule has 5 nitrogen and oxygen atoms in total. The summed E-state index contributed by atoms with van der Waals surface area (Å²) >= 11 is 11.6. The van der Waals surface area contributed by atoms with Gasteiger partial charge in [0.05, 0.1) is 33.7 Å². The molecule has 0 unspecified atom stereocenters. The van der Waals surface area contributed by atoms with Gasteiger partial charge in [-0.1, -0.05) is 23.2 Å². The van der Waals surface area contributed by atoms with Crippen molar-refractivity contribution in [2.45, 2.75) is 11.0 Å². The van der Waals surface area contributed by atoms with E-state index in [0.29, 0.717) is 13.2 Å². The molecule has 0 saturated carbocycles. The zero-order chi connectivity index (χ0) is 14.2. The molecule has 0 N–H and O–H groups in total. The third-order valence-electron chi connectivity index (χ3n) is 2.38. The molecule has 1 aromatic rings. The van der Waals surface area contributed by atoms with Crippen LogP contribution < -0.4 is 0 Å². The number of halogens is 3. The fourth-order valence-corrected chi connectivity index (χ4v) is 2.61. The van der Waals surface area contributed by atoms with Gasteiger partial charge < -0.3 is 9.47 Å². The van der Waals surface area contributed by atoms with Crippen molar-refractivity contribution >= 4 is 48.9 Å². The lowest BCUT2D eigenvalue weighted by Gasteiger charge is -2.25. The summed E-state index contributed by atoms with van der Waals surface area (Å²) in [6.07, 6.45) is -0.362. The number of esters is 1. The lowest BCUT2D eigenvalue weighted by Crippen LogP contribution is -2.37. The van der Waals surface area contributed by atoms with Gasteiger partial charge in [0.1, 0.15) is 6.10 Å². The molecule has 9 heteroatoms. The van der Waals surface area contributed by atoms with Gasteiger partial charge in [-0.05, 0) is 12.1 Å². The maximum atomic E-state index is 11.8. The third kappa shape index (κ3) is 3.32. The third-order valence-corrected chi connectivity index (χ3v) is 4.52. The van der Waals surface area contributed by atoms with Crippen LogP contribution in [0.15, 0.2) is 17.0 Å². The predicted octanol–water partition coefficient (Wildman–Crippen LogP) is 2.48. The van der Waals surface area contributed by atoms with Crippen LogP contribution in [0.5, 0.6) is 0 Å². The highest BCUT2D eigenvalue weighted by molar-refractivity contribution is 8.13. The largest absolute Gasteiger partial charge is 0.454 e. The quantitative estimate of drug-likeness (QED) is 0.622. The van der Waals surface area contributed by atoms with Gasteiger partial charge in [-0.3, -0.25) is 0 Å². The number of carbonyl (C=O) groups excluding carboxylic acids is 1. The molecular weight excluding hydrogens is 339 g/mol. The van der Waals surface area contributed by atoms with E-state index in [0.717, 1.165) is 12.1 Å². The maximum Gasteiger partial charge on any atom is 0.340 e. The molecule has 1 fully saturated rings. The standard InChI is InChI=1S/C10H7Cl3O5S/c11-8-2-6(19(13,15)16)1-7(9(8)12)10(14)18-5-3-17-4-5/h1-2,5H,3-4H2. The Kier molecular flexibility index (Phi) is 4.27. The highest BCUT2D eigenvalue weighted by Crippen LogP contribution is 2.31. The van der Waals surface area contributed by atoms with Crippen LogP contribution in [-0.4, -0.2) is 33.7 Å². The first-order valence-corrected chi connectivity index (χ1v) is 8.08. The summed E-state index contributed by atoms with van der Waals surface area (Å²) in [6.45, 7) is 0.592. The molecule has 1 saturated heterocycles. The van der Waals surface area contributed by atoms with Crippen molar-refractivity contribution < 1.29 is 22.7 Å². The van der Waals surface area contributed by atoms with E-state index in [1.54, 1.807) is 0 Å². The maximum absolute atomic E-state index is 11.8. The number of hydrogen-bond donors (Lipinski definition) is 0. The first kappa shape index (κ1) is 14.9. The topological polar surface area (TPSA) is 69.7 Å². The molecular formula is C10H7Cl3O5S. The number of carbonyl (C=O) groups is 1. The molecule has 2 rings (SSSR count). The molecule has 104 valence electrons. The van der Waals surface area contributed by atoms with E-state index in [1.807, 2.05) is 0 Å². The summed E-state index contributed by atoms with van der Waals surface area (Å²) in [5, 5.41) is -0.184. The first-order chi connectivity index (χ1) is 8.79. The Bertz CT molecular complexity index is 624. The van der Waals surface area contributed by atoms with Crippen LogP contribution in [-0.2, 0) is 18.5 Å². The van der Waals surface area contributed by atoms with Crippen molar-refractivity contribution in [2.24, 2.45) is 0 Å². The van der Waals surface area contributed by atoms with Crippen molar-refractivity contribution in [3.05, 3.63) is 27.7 Å². The molecule has 0 radical (unpaired) electrons. The average molecular weight is 346 g/mol. The predicted molar refractivity (Wildman–Crippen MR) is 69.5 cm³/mol. The molecule has 19 heavy (non-hydrogen) atoms. The van der Waals surface area contributed by atoms with Gasteiger partial charge in [0.15, 0.2) is 0 Å². The van der Waals surface area contributed by atoms with Crippen molar-refractivity contribution in [3.8, 4) is 0 Å². The van der Waals surface area contributed by atoms with Gasteiger partial charge >= 0.3 is 5.97 Å². The van der Waals surface area contributed by atoms with Crippen molar-refractivity contribution in [1.82, 2.24) is 0 Å². The molecule has 0 amide bonds. The van der Waals surface area contributed by atoms with Gasteiger partial charge in [0, 0.05) is 10.7 Å². The lowest BCUT2D eigenvalue weighted by molar-refractivity contribution is -0.103. The van der Waals surface area contributed by atoms with Crippen molar-refractivity contribution in [3.63, 3.8) is 0 Å². The van der Waals surface area contributed by atoms with Crippen molar-refractivity contribution in [1.29, 1.82) is 0 Å². The van der Waals surface area contributed by atoms with E-state index < -0.39 is 15.0 Å². The normalized spacial score (nSPS) is 15.9. The first-order valence-electron chi connectivity index (χ1n) is 5.01. The average Bonchev–Trinajstić information content (AvgIpc) is 2.25. The number of ether oxygens (including phenoxy) is 2. The smallest absolute Gasteiger partial charge is 0.340 e.